The number of rotatable bonds is 4. The van der Waals surface area contributed by atoms with Crippen molar-refractivity contribution >= 4 is 22.1 Å². The summed E-state index contributed by atoms with van der Waals surface area (Å²) in [5.74, 6) is 0. The minimum absolute atomic E-state index is 0.0373. The Morgan fingerprint density at radius 1 is 1.16 bits per heavy atom. The molecule has 6 heteroatoms. The molecular formula is C13H14F3N3. The second-order valence-corrected chi connectivity index (χ2v) is 4.27. The summed E-state index contributed by atoms with van der Waals surface area (Å²) < 4.78 is 36.1. The van der Waals surface area contributed by atoms with Gasteiger partial charge in [-0.2, -0.15) is 13.2 Å². The largest absolute Gasteiger partial charge is 0.398 e. The zero-order valence-corrected chi connectivity index (χ0v) is 10.2. The number of hydrogen-bond acceptors (Lipinski definition) is 3. The van der Waals surface area contributed by atoms with E-state index < -0.39 is 12.6 Å². The highest BCUT2D eigenvalue weighted by Crippen LogP contribution is 2.27. The molecule has 0 aliphatic rings. The summed E-state index contributed by atoms with van der Waals surface area (Å²) in [6.07, 6.45) is -1.57. The Bertz CT molecular complexity index is 567. The number of aromatic nitrogens is 1. The molecule has 102 valence electrons. The van der Waals surface area contributed by atoms with Crippen molar-refractivity contribution in [3.8, 4) is 0 Å². The van der Waals surface area contributed by atoms with Crippen molar-refractivity contribution < 1.29 is 13.2 Å². The minimum Gasteiger partial charge on any atom is -0.398 e. The SMILES string of the molecule is Nc1ccc(NCCCC(F)(F)F)c2cnccc12. The van der Waals surface area contributed by atoms with E-state index in [0.29, 0.717) is 5.69 Å². The predicted molar refractivity (Wildman–Crippen MR) is 69.9 cm³/mol. The molecule has 0 amide bonds. The molecule has 2 rings (SSSR count). The second-order valence-electron chi connectivity index (χ2n) is 4.27. The van der Waals surface area contributed by atoms with Crippen LogP contribution in [0.25, 0.3) is 10.8 Å². The van der Waals surface area contributed by atoms with Crippen molar-refractivity contribution in [2.45, 2.75) is 19.0 Å². The summed E-state index contributed by atoms with van der Waals surface area (Å²) in [7, 11) is 0. The van der Waals surface area contributed by atoms with E-state index in [2.05, 4.69) is 10.3 Å². The molecule has 19 heavy (non-hydrogen) atoms. The van der Waals surface area contributed by atoms with Gasteiger partial charge in [-0.05, 0) is 24.6 Å². The molecule has 0 unspecified atom stereocenters. The topological polar surface area (TPSA) is 50.9 Å². The van der Waals surface area contributed by atoms with Crippen LogP contribution in [0.1, 0.15) is 12.8 Å². The van der Waals surface area contributed by atoms with Gasteiger partial charge >= 0.3 is 6.18 Å². The lowest BCUT2D eigenvalue weighted by molar-refractivity contribution is -0.134. The third-order valence-corrected chi connectivity index (χ3v) is 2.80. The van der Waals surface area contributed by atoms with E-state index >= 15 is 0 Å². The van der Waals surface area contributed by atoms with Crippen LogP contribution < -0.4 is 11.1 Å². The predicted octanol–water partition coefficient (Wildman–Crippen LogP) is 3.57. The number of benzene rings is 1. The zero-order valence-electron chi connectivity index (χ0n) is 10.2. The summed E-state index contributed by atoms with van der Waals surface area (Å²) in [5, 5.41) is 4.65. The molecule has 0 saturated carbocycles. The maximum atomic E-state index is 12.0. The highest BCUT2D eigenvalue weighted by atomic mass is 19.4. The number of nitrogens with one attached hydrogen (secondary N) is 1. The number of hydrogen-bond donors (Lipinski definition) is 2. The van der Waals surface area contributed by atoms with E-state index in [9.17, 15) is 13.2 Å². The molecule has 1 heterocycles. The Hall–Kier alpha value is -1.98. The highest BCUT2D eigenvalue weighted by molar-refractivity contribution is 6.00. The lowest BCUT2D eigenvalue weighted by atomic mass is 10.1. The Kier molecular flexibility index (Phi) is 3.78. The van der Waals surface area contributed by atoms with Gasteiger partial charge in [0.05, 0.1) is 0 Å². The van der Waals surface area contributed by atoms with Crippen LogP contribution in [-0.2, 0) is 0 Å². The first-order valence-electron chi connectivity index (χ1n) is 5.90. The molecule has 0 bridgehead atoms. The standard InChI is InChI=1S/C13H14F3N3/c14-13(15,16)5-1-6-19-12-3-2-11(17)9-4-7-18-8-10(9)12/h2-4,7-8,19H,1,5-6,17H2. The van der Waals surface area contributed by atoms with Gasteiger partial charge in [-0.25, -0.2) is 0 Å². The Morgan fingerprint density at radius 2 is 1.95 bits per heavy atom. The van der Waals surface area contributed by atoms with Crippen LogP contribution in [-0.4, -0.2) is 17.7 Å². The quantitative estimate of drug-likeness (QED) is 0.659. The smallest absolute Gasteiger partial charge is 0.389 e. The van der Waals surface area contributed by atoms with Crippen LogP contribution in [0.2, 0.25) is 0 Å². The van der Waals surface area contributed by atoms with Crippen molar-refractivity contribution in [1.29, 1.82) is 0 Å². The molecule has 0 spiro atoms. The van der Waals surface area contributed by atoms with Crippen LogP contribution in [0.4, 0.5) is 24.5 Å². The molecule has 0 fully saturated rings. The van der Waals surface area contributed by atoms with Gasteiger partial charge in [0.25, 0.3) is 0 Å². The summed E-state index contributed by atoms with van der Waals surface area (Å²) in [5.41, 5.74) is 7.21. The van der Waals surface area contributed by atoms with E-state index in [-0.39, 0.29) is 13.0 Å². The first-order valence-corrected chi connectivity index (χ1v) is 5.90. The average Bonchev–Trinajstić information content (AvgIpc) is 2.36. The maximum Gasteiger partial charge on any atom is 0.389 e. The van der Waals surface area contributed by atoms with E-state index in [1.54, 1.807) is 30.6 Å². The van der Waals surface area contributed by atoms with Crippen LogP contribution in [0.15, 0.2) is 30.6 Å². The van der Waals surface area contributed by atoms with E-state index in [1.165, 1.54) is 0 Å². The third kappa shape index (κ3) is 3.49. The van der Waals surface area contributed by atoms with Crippen molar-refractivity contribution in [2.24, 2.45) is 0 Å². The number of halogens is 3. The van der Waals surface area contributed by atoms with Gasteiger partial charge in [-0.3, -0.25) is 4.98 Å². The number of pyridine rings is 1. The second kappa shape index (κ2) is 5.34. The van der Waals surface area contributed by atoms with Crippen molar-refractivity contribution in [3.63, 3.8) is 0 Å². The van der Waals surface area contributed by atoms with Crippen molar-refractivity contribution in [1.82, 2.24) is 4.98 Å². The molecule has 1 aromatic carbocycles. The fourth-order valence-electron chi connectivity index (χ4n) is 1.88. The minimum atomic E-state index is -4.10. The summed E-state index contributed by atoms with van der Waals surface area (Å²) in [6.45, 7) is 0.257. The van der Waals surface area contributed by atoms with Crippen LogP contribution in [0.3, 0.4) is 0 Å². The lowest BCUT2D eigenvalue weighted by Gasteiger charge is -2.11. The van der Waals surface area contributed by atoms with Gasteiger partial charge in [0.15, 0.2) is 0 Å². The van der Waals surface area contributed by atoms with Gasteiger partial charge in [-0.15, -0.1) is 0 Å². The van der Waals surface area contributed by atoms with Gasteiger partial charge < -0.3 is 11.1 Å². The Labute approximate surface area is 108 Å². The molecule has 3 N–H and O–H groups in total. The average molecular weight is 269 g/mol. The number of nitrogens with two attached hydrogens (primary N) is 1. The highest BCUT2D eigenvalue weighted by Gasteiger charge is 2.25. The molecule has 0 aliphatic carbocycles. The van der Waals surface area contributed by atoms with Crippen molar-refractivity contribution in [3.05, 3.63) is 30.6 Å². The summed E-state index contributed by atoms with van der Waals surface area (Å²) >= 11 is 0. The maximum absolute atomic E-state index is 12.0. The number of fused-ring (bicyclic) bond motifs is 1. The molecule has 3 nitrogen and oxygen atoms in total. The zero-order chi connectivity index (χ0) is 13.9. The van der Waals surface area contributed by atoms with Gasteiger partial charge in [0, 0.05) is 47.5 Å². The molecule has 0 saturated heterocycles. The molecule has 0 aliphatic heterocycles. The summed E-state index contributed by atoms with van der Waals surface area (Å²) in [4.78, 5) is 4.01. The first kappa shape index (κ1) is 13.5. The number of alkyl halides is 3. The Morgan fingerprint density at radius 3 is 2.68 bits per heavy atom. The molecule has 1 aromatic heterocycles. The molecule has 2 aromatic rings. The Balaban J connectivity index is 2.07. The van der Waals surface area contributed by atoms with Crippen LogP contribution in [0.5, 0.6) is 0 Å². The van der Waals surface area contributed by atoms with E-state index in [1.807, 2.05) is 0 Å². The van der Waals surface area contributed by atoms with E-state index in [0.717, 1.165) is 16.5 Å². The monoisotopic (exact) mass is 269 g/mol. The number of nitrogens with zero attached hydrogens (tertiary/aromatic N) is 1. The molecular weight excluding hydrogens is 255 g/mol. The number of nitrogen functional groups attached to an aromatic ring is 1. The third-order valence-electron chi connectivity index (χ3n) is 2.80. The lowest BCUT2D eigenvalue weighted by Crippen LogP contribution is -2.11. The normalized spacial score (nSPS) is 11.7. The van der Waals surface area contributed by atoms with Crippen LogP contribution in [0, 0.1) is 0 Å². The van der Waals surface area contributed by atoms with Crippen molar-refractivity contribution in [2.75, 3.05) is 17.6 Å². The summed E-state index contributed by atoms with van der Waals surface area (Å²) in [6, 6.07) is 5.27. The van der Waals surface area contributed by atoms with Gasteiger partial charge in [0.2, 0.25) is 0 Å². The first-order chi connectivity index (χ1) is 8.97. The fourth-order valence-corrected chi connectivity index (χ4v) is 1.88. The van der Waals surface area contributed by atoms with Gasteiger partial charge in [0.1, 0.15) is 0 Å². The fraction of sp³-hybridized carbons (Fsp3) is 0.308. The van der Waals surface area contributed by atoms with Gasteiger partial charge in [-0.1, -0.05) is 0 Å². The molecule has 0 atom stereocenters. The van der Waals surface area contributed by atoms with Crippen LogP contribution >= 0.6 is 0 Å². The van der Waals surface area contributed by atoms with E-state index in [4.69, 9.17) is 5.73 Å². The number of anilines is 2. The molecule has 0 radical (unpaired) electrons.